The van der Waals surface area contributed by atoms with Gasteiger partial charge >= 0.3 is 12.1 Å². The zero-order valence-corrected chi connectivity index (χ0v) is 14.1. The van der Waals surface area contributed by atoms with Crippen LogP contribution < -0.4 is 10.1 Å². The number of carboxylic acids is 1. The molecule has 1 amide bonds. The predicted molar refractivity (Wildman–Crippen MR) is 86.4 cm³/mol. The van der Waals surface area contributed by atoms with E-state index in [1.54, 1.807) is 32.9 Å². The van der Waals surface area contributed by atoms with Gasteiger partial charge in [-0.15, -0.1) is 0 Å². The van der Waals surface area contributed by atoms with Gasteiger partial charge in [-0.2, -0.15) is 0 Å². The lowest BCUT2D eigenvalue weighted by atomic mass is 9.63. The van der Waals surface area contributed by atoms with Gasteiger partial charge in [-0.25, -0.2) is 4.79 Å². The molecule has 2 N–H and O–H groups in total. The minimum atomic E-state index is -1.26. The van der Waals surface area contributed by atoms with Crippen molar-refractivity contribution in [3.63, 3.8) is 0 Å². The second-order valence-electron chi connectivity index (χ2n) is 6.82. The standard InChI is InChI=1S/C17H21NO6/c1-16(2,3)24-15(22)18-10-5-6-12(13(7-10)23-4)17(14(20)21)8-11(19)9-17/h5-7H,8-9H2,1-4H3,(H,18,22)(H,20,21). The maximum Gasteiger partial charge on any atom is 0.412 e. The van der Waals surface area contributed by atoms with Crippen molar-refractivity contribution < 1.29 is 29.0 Å². The maximum atomic E-state index is 11.8. The first-order chi connectivity index (χ1) is 11.1. The molecule has 0 spiro atoms. The molecule has 0 aromatic heterocycles. The molecule has 0 heterocycles. The van der Waals surface area contributed by atoms with Crippen LogP contribution in [0.4, 0.5) is 10.5 Å². The summed E-state index contributed by atoms with van der Waals surface area (Å²) in [7, 11) is 1.41. The second kappa shape index (κ2) is 6.14. The number of anilines is 1. The number of carbonyl (C=O) groups is 3. The summed E-state index contributed by atoms with van der Waals surface area (Å²) in [5.41, 5.74) is -1.05. The summed E-state index contributed by atoms with van der Waals surface area (Å²) < 4.78 is 10.4. The molecule has 1 aromatic carbocycles. The number of nitrogens with one attached hydrogen (secondary N) is 1. The fourth-order valence-electron chi connectivity index (χ4n) is 2.66. The number of carboxylic acid groups (broad SMARTS) is 1. The fraction of sp³-hybridized carbons (Fsp3) is 0.471. The van der Waals surface area contributed by atoms with E-state index in [0.717, 1.165) is 0 Å². The van der Waals surface area contributed by atoms with Crippen molar-refractivity contribution in [2.45, 2.75) is 44.6 Å². The predicted octanol–water partition coefficient (Wildman–Crippen LogP) is 2.73. The number of rotatable bonds is 4. The van der Waals surface area contributed by atoms with Crippen LogP contribution in [0.3, 0.4) is 0 Å². The van der Waals surface area contributed by atoms with Crippen molar-refractivity contribution in [2.75, 3.05) is 12.4 Å². The molecule has 7 nitrogen and oxygen atoms in total. The average Bonchev–Trinajstić information content (AvgIpc) is 2.41. The number of hydrogen-bond donors (Lipinski definition) is 2. The zero-order chi connectivity index (χ0) is 18.1. The largest absolute Gasteiger partial charge is 0.496 e. The third kappa shape index (κ3) is 3.50. The summed E-state index contributed by atoms with van der Waals surface area (Å²) in [6.07, 6.45) is -0.737. The summed E-state index contributed by atoms with van der Waals surface area (Å²) in [6, 6.07) is 4.65. The van der Waals surface area contributed by atoms with Gasteiger partial charge in [0.05, 0.1) is 7.11 Å². The Hall–Kier alpha value is -2.57. The van der Waals surface area contributed by atoms with Gasteiger partial charge in [0.15, 0.2) is 0 Å². The number of methoxy groups -OCH3 is 1. The number of hydrogen-bond acceptors (Lipinski definition) is 5. The van der Waals surface area contributed by atoms with Crippen LogP contribution in [0.2, 0.25) is 0 Å². The molecule has 0 saturated heterocycles. The van der Waals surface area contributed by atoms with Crippen LogP contribution in [0.1, 0.15) is 39.2 Å². The Morgan fingerprint density at radius 2 is 1.88 bits per heavy atom. The summed E-state index contributed by atoms with van der Waals surface area (Å²) >= 11 is 0. The second-order valence-corrected chi connectivity index (χ2v) is 6.82. The molecule has 1 aromatic rings. The maximum absolute atomic E-state index is 11.8. The molecule has 2 rings (SSSR count). The molecule has 24 heavy (non-hydrogen) atoms. The first-order valence-corrected chi connectivity index (χ1v) is 7.51. The van der Waals surface area contributed by atoms with Gasteiger partial charge < -0.3 is 14.6 Å². The Labute approximate surface area is 139 Å². The van der Waals surface area contributed by atoms with Gasteiger partial charge in [-0.3, -0.25) is 14.9 Å². The van der Waals surface area contributed by atoms with Gasteiger partial charge in [0, 0.05) is 30.2 Å². The van der Waals surface area contributed by atoms with Gasteiger partial charge in [-0.1, -0.05) is 6.07 Å². The summed E-state index contributed by atoms with van der Waals surface area (Å²) in [4.78, 5) is 34.8. The number of amides is 1. The lowest BCUT2D eigenvalue weighted by Gasteiger charge is -2.37. The number of aliphatic carboxylic acids is 1. The molecule has 0 aliphatic heterocycles. The smallest absolute Gasteiger partial charge is 0.412 e. The van der Waals surface area contributed by atoms with E-state index >= 15 is 0 Å². The third-order valence-corrected chi connectivity index (χ3v) is 3.77. The zero-order valence-electron chi connectivity index (χ0n) is 14.1. The fourth-order valence-corrected chi connectivity index (χ4v) is 2.66. The van der Waals surface area contributed by atoms with Crippen LogP contribution in [-0.4, -0.2) is 35.7 Å². The van der Waals surface area contributed by atoms with E-state index in [9.17, 15) is 19.5 Å². The molecule has 0 bridgehead atoms. The Bertz CT molecular complexity index is 681. The monoisotopic (exact) mass is 335 g/mol. The minimum Gasteiger partial charge on any atom is -0.496 e. The Morgan fingerprint density at radius 3 is 2.33 bits per heavy atom. The number of ketones is 1. The van der Waals surface area contributed by atoms with E-state index in [4.69, 9.17) is 9.47 Å². The van der Waals surface area contributed by atoms with Crippen molar-refractivity contribution in [3.8, 4) is 5.75 Å². The van der Waals surface area contributed by atoms with E-state index in [0.29, 0.717) is 17.0 Å². The summed E-state index contributed by atoms with van der Waals surface area (Å²) in [5.74, 6) is -0.859. The molecular formula is C17H21NO6. The Morgan fingerprint density at radius 1 is 1.25 bits per heavy atom. The average molecular weight is 335 g/mol. The molecule has 130 valence electrons. The first kappa shape index (κ1) is 17.8. The molecule has 1 saturated carbocycles. The van der Waals surface area contributed by atoms with Crippen molar-refractivity contribution >= 4 is 23.5 Å². The van der Waals surface area contributed by atoms with Crippen molar-refractivity contribution in [1.29, 1.82) is 0 Å². The first-order valence-electron chi connectivity index (χ1n) is 7.51. The highest BCUT2D eigenvalue weighted by Gasteiger charge is 2.53. The molecular weight excluding hydrogens is 314 g/mol. The third-order valence-electron chi connectivity index (χ3n) is 3.77. The number of Topliss-reactive ketones (excluding diaryl/α,β-unsaturated/α-hetero) is 1. The van der Waals surface area contributed by atoms with E-state index in [1.165, 1.54) is 13.2 Å². The molecule has 1 fully saturated rings. The van der Waals surface area contributed by atoms with E-state index in [2.05, 4.69) is 5.32 Å². The molecule has 0 atom stereocenters. The quantitative estimate of drug-likeness (QED) is 0.877. The molecule has 0 unspecified atom stereocenters. The van der Waals surface area contributed by atoms with Crippen LogP contribution in [-0.2, 0) is 19.7 Å². The number of benzene rings is 1. The Balaban J connectivity index is 2.27. The summed E-state index contributed by atoms with van der Waals surface area (Å²) in [6.45, 7) is 5.25. The van der Waals surface area contributed by atoms with E-state index < -0.39 is 23.1 Å². The highest BCUT2D eigenvalue weighted by atomic mass is 16.6. The lowest BCUT2D eigenvalue weighted by Crippen LogP contribution is -2.48. The van der Waals surface area contributed by atoms with Gasteiger partial charge in [-0.05, 0) is 26.8 Å². The van der Waals surface area contributed by atoms with Crippen LogP contribution in [0, 0.1) is 0 Å². The summed E-state index contributed by atoms with van der Waals surface area (Å²) in [5, 5.41) is 12.1. The van der Waals surface area contributed by atoms with E-state index in [-0.39, 0.29) is 18.6 Å². The highest BCUT2D eigenvalue weighted by molar-refractivity contribution is 6.02. The van der Waals surface area contributed by atoms with Gasteiger partial charge in [0.2, 0.25) is 0 Å². The van der Waals surface area contributed by atoms with Gasteiger partial charge in [0.25, 0.3) is 0 Å². The van der Waals surface area contributed by atoms with E-state index in [1.807, 2.05) is 0 Å². The Kier molecular flexibility index (Phi) is 4.55. The number of ether oxygens (including phenoxy) is 2. The normalized spacial score (nSPS) is 16.1. The van der Waals surface area contributed by atoms with Crippen LogP contribution >= 0.6 is 0 Å². The SMILES string of the molecule is COc1cc(NC(=O)OC(C)(C)C)ccc1C1(C(=O)O)CC(=O)C1. The van der Waals surface area contributed by atoms with Crippen LogP contribution in [0.25, 0.3) is 0 Å². The van der Waals surface area contributed by atoms with Crippen molar-refractivity contribution in [1.82, 2.24) is 0 Å². The molecule has 7 heteroatoms. The number of carbonyl (C=O) groups excluding carboxylic acids is 2. The van der Waals surface area contributed by atoms with Crippen molar-refractivity contribution in [2.24, 2.45) is 0 Å². The molecule has 0 radical (unpaired) electrons. The molecule has 1 aliphatic carbocycles. The van der Waals surface area contributed by atoms with Gasteiger partial charge in [0.1, 0.15) is 22.5 Å². The van der Waals surface area contributed by atoms with Crippen LogP contribution in [0.5, 0.6) is 5.75 Å². The highest BCUT2D eigenvalue weighted by Crippen LogP contribution is 2.46. The van der Waals surface area contributed by atoms with Crippen molar-refractivity contribution in [3.05, 3.63) is 23.8 Å². The topological polar surface area (TPSA) is 102 Å². The minimum absolute atomic E-state index is 0.0580. The lowest BCUT2D eigenvalue weighted by molar-refractivity contribution is -0.153. The van der Waals surface area contributed by atoms with Crippen LogP contribution in [0.15, 0.2) is 18.2 Å². The molecule has 1 aliphatic rings.